The fourth-order valence-electron chi connectivity index (χ4n) is 3.89. The normalized spacial score (nSPS) is 19.6. The number of carbonyl (C=O) groups is 1. The van der Waals surface area contributed by atoms with Crippen LogP contribution in [0.3, 0.4) is 0 Å². The molecule has 3 nitrogen and oxygen atoms in total. The van der Waals surface area contributed by atoms with Crippen LogP contribution in [0.25, 0.3) is 11.1 Å². The molecule has 0 heterocycles. The number of nitrogens with one attached hydrogen (secondary N) is 2. The molecule has 2 atom stereocenters. The molecule has 0 saturated heterocycles. The molecule has 3 aromatic rings. The van der Waals surface area contributed by atoms with Gasteiger partial charge in [0.1, 0.15) is 0 Å². The molecular weight excluding hydrogens is 392 g/mol. The van der Waals surface area contributed by atoms with Crippen LogP contribution in [-0.4, -0.2) is 18.5 Å². The standard InChI is InChI=1S/C26H26N2O.ClH/c29-26(22-10-8-20(9-11-22)19-4-2-1-3-5-19)28-23-14-12-21(13-15-23)24-16-25(24)27-17-18-6-7-18;/h1-5,8-15,18,24-25,27H,6-7,16-17H2,(H,28,29);1H/t24-,25+;/m0./s1. The van der Waals surface area contributed by atoms with E-state index in [4.69, 9.17) is 0 Å². The molecule has 0 bridgehead atoms. The van der Waals surface area contributed by atoms with Crippen LogP contribution in [-0.2, 0) is 0 Å². The average Bonchev–Trinajstić information content (AvgIpc) is 3.69. The molecule has 3 aromatic carbocycles. The Bertz CT molecular complexity index is 982. The van der Waals surface area contributed by atoms with Crippen LogP contribution in [0.5, 0.6) is 0 Å². The highest BCUT2D eigenvalue weighted by Crippen LogP contribution is 2.41. The molecule has 0 aliphatic heterocycles. The maximum atomic E-state index is 12.6. The van der Waals surface area contributed by atoms with E-state index in [-0.39, 0.29) is 18.3 Å². The Hall–Kier alpha value is -2.62. The second-order valence-corrected chi connectivity index (χ2v) is 8.32. The summed E-state index contributed by atoms with van der Waals surface area (Å²) < 4.78 is 0. The van der Waals surface area contributed by atoms with Crippen LogP contribution in [0.4, 0.5) is 5.69 Å². The number of amides is 1. The van der Waals surface area contributed by atoms with Gasteiger partial charge in [-0.15, -0.1) is 12.4 Å². The van der Waals surface area contributed by atoms with Gasteiger partial charge in [0, 0.05) is 23.2 Å². The Morgan fingerprint density at radius 3 is 2.17 bits per heavy atom. The third kappa shape index (κ3) is 4.92. The highest BCUT2D eigenvalue weighted by Gasteiger charge is 2.38. The first kappa shape index (κ1) is 20.6. The molecule has 4 heteroatoms. The van der Waals surface area contributed by atoms with E-state index in [2.05, 4.69) is 34.9 Å². The van der Waals surface area contributed by atoms with Gasteiger partial charge in [-0.05, 0) is 72.7 Å². The van der Waals surface area contributed by atoms with Crippen molar-refractivity contribution >= 4 is 24.0 Å². The molecule has 5 rings (SSSR count). The predicted octanol–water partition coefficient (Wildman–Crippen LogP) is 5.88. The van der Waals surface area contributed by atoms with Crippen molar-refractivity contribution in [2.24, 2.45) is 5.92 Å². The Labute approximate surface area is 184 Å². The van der Waals surface area contributed by atoms with Gasteiger partial charge in [-0.2, -0.15) is 0 Å². The van der Waals surface area contributed by atoms with E-state index in [0.717, 1.165) is 22.7 Å². The molecule has 0 spiro atoms. The molecule has 2 aliphatic carbocycles. The Kier molecular flexibility index (Phi) is 6.21. The van der Waals surface area contributed by atoms with Crippen LogP contribution >= 0.6 is 12.4 Å². The summed E-state index contributed by atoms with van der Waals surface area (Å²) in [4.78, 5) is 12.6. The summed E-state index contributed by atoms with van der Waals surface area (Å²) in [7, 11) is 0. The molecule has 30 heavy (non-hydrogen) atoms. The largest absolute Gasteiger partial charge is 0.322 e. The highest BCUT2D eigenvalue weighted by molar-refractivity contribution is 6.04. The smallest absolute Gasteiger partial charge is 0.255 e. The van der Waals surface area contributed by atoms with Gasteiger partial charge in [0.15, 0.2) is 0 Å². The van der Waals surface area contributed by atoms with E-state index < -0.39 is 0 Å². The number of hydrogen-bond donors (Lipinski definition) is 2. The third-order valence-corrected chi connectivity index (χ3v) is 6.01. The molecule has 154 valence electrons. The molecule has 0 unspecified atom stereocenters. The number of hydrogen-bond acceptors (Lipinski definition) is 2. The van der Waals surface area contributed by atoms with E-state index in [1.165, 1.54) is 31.4 Å². The van der Waals surface area contributed by atoms with Crippen molar-refractivity contribution in [1.29, 1.82) is 0 Å². The van der Waals surface area contributed by atoms with Crippen molar-refractivity contribution in [2.45, 2.75) is 31.2 Å². The second-order valence-electron chi connectivity index (χ2n) is 8.32. The summed E-state index contributed by atoms with van der Waals surface area (Å²) >= 11 is 0. The topological polar surface area (TPSA) is 41.1 Å². The molecule has 2 N–H and O–H groups in total. The quantitative estimate of drug-likeness (QED) is 0.502. The summed E-state index contributed by atoms with van der Waals surface area (Å²) in [5, 5.41) is 6.69. The minimum absolute atomic E-state index is 0. The van der Waals surface area contributed by atoms with E-state index in [9.17, 15) is 4.79 Å². The van der Waals surface area contributed by atoms with Gasteiger partial charge < -0.3 is 10.6 Å². The fraction of sp³-hybridized carbons (Fsp3) is 0.269. The molecule has 2 aliphatic rings. The van der Waals surface area contributed by atoms with Crippen molar-refractivity contribution in [2.75, 3.05) is 11.9 Å². The fourth-order valence-corrected chi connectivity index (χ4v) is 3.89. The van der Waals surface area contributed by atoms with Gasteiger partial charge in [0.25, 0.3) is 5.91 Å². The van der Waals surface area contributed by atoms with Gasteiger partial charge in [-0.1, -0.05) is 54.6 Å². The van der Waals surface area contributed by atoms with Crippen molar-refractivity contribution in [1.82, 2.24) is 5.32 Å². The lowest BCUT2D eigenvalue weighted by atomic mass is 10.0. The lowest BCUT2D eigenvalue weighted by Gasteiger charge is -2.08. The Morgan fingerprint density at radius 2 is 1.50 bits per heavy atom. The molecular formula is C26H27ClN2O. The Morgan fingerprint density at radius 1 is 0.833 bits per heavy atom. The van der Waals surface area contributed by atoms with Crippen LogP contribution < -0.4 is 10.6 Å². The lowest BCUT2D eigenvalue weighted by Crippen LogP contribution is -2.20. The molecule has 0 aromatic heterocycles. The first-order valence-electron chi connectivity index (χ1n) is 10.6. The maximum absolute atomic E-state index is 12.6. The number of carbonyl (C=O) groups excluding carboxylic acids is 1. The van der Waals surface area contributed by atoms with E-state index in [0.29, 0.717) is 17.5 Å². The van der Waals surface area contributed by atoms with E-state index in [1.54, 1.807) is 0 Å². The SMILES string of the molecule is Cl.O=C(Nc1ccc([C@@H]2C[C@H]2NCC2CC2)cc1)c1ccc(-c2ccccc2)cc1. The maximum Gasteiger partial charge on any atom is 0.255 e. The van der Waals surface area contributed by atoms with E-state index in [1.807, 2.05) is 54.6 Å². The summed E-state index contributed by atoms with van der Waals surface area (Å²) in [6.07, 6.45) is 4.02. The number of benzene rings is 3. The van der Waals surface area contributed by atoms with Gasteiger partial charge in [-0.3, -0.25) is 4.79 Å². The number of rotatable bonds is 7. The van der Waals surface area contributed by atoms with Crippen LogP contribution in [0.2, 0.25) is 0 Å². The van der Waals surface area contributed by atoms with Crippen LogP contribution in [0, 0.1) is 5.92 Å². The van der Waals surface area contributed by atoms with Gasteiger partial charge in [-0.25, -0.2) is 0 Å². The monoisotopic (exact) mass is 418 g/mol. The first-order chi connectivity index (χ1) is 14.3. The average molecular weight is 419 g/mol. The Balaban J connectivity index is 0.00000218. The zero-order chi connectivity index (χ0) is 19.6. The van der Waals surface area contributed by atoms with Gasteiger partial charge in [0.2, 0.25) is 0 Å². The minimum atomic E-state index is -0.0761. The van der Waals surface area contributed by atoms with Gasteiger partial charge >= 0.3 is 0 Å². The number of halogens is 1. The summed E-state index contributed by atoms with van der Waals surface area (Å²) in [5.74, 6) is 1.48. The third-order valence-electron chi connectivity index (χ3n) is 6.01. The molecule has 2 fully saturated rings. The number of anilines is 1. The zero-order valence-corrected chi connectivity index (χ0v) is 17.7. The second kappa shape index (κ2) is 9.03. The van der Waals surface area contributed by atoms with Crippen molar-refractivity contribution < 1.29 is 4.79 Å². The first-order valence-corrected chi connectivity index (χ1v) is 10.6. The highest BCUT2D eigenvalue weighted by atomic mass is 35.5. The lowest BCUT2D eigenvalue weighted by molar-refractivity contribution is 0.102. The molecule has 0 radical (unpaired) electrons. The minimum Gasteiger partial charge on any atom is -0.322 e. The zero-order valence-electron chi connectivity index (χ0n) is 16.9. The summed E-state index contributed by atoms with van der Waals surface area (Å²) in [6.45, 7) is 1.18. The van der Waals surface area contributed by atoms with Crippen molar-refractivity contribution in [3.63, 3.8) is 0 Å². The summed E-state index contributed by atoms with van der Waals surface area (Å²) in [6, 6.07) is 26.9. The molecule has 2 saturated carbocycles. The predicted molar refractivity (Wildman–Crippen MR) is 125 cm³/mol. The van der Waals surface area contributed by atoms with Gasteiger partial charge in [0.05, 0.1) is 0 Å². The van der Waals surface area contributed by atoms with Crippen LogP contribution in [0.15, 0.2) is 78.9 Å². The van der Waals surface area contributed by atoms with Crippen molar-refractivity contribution in [3.8, 4) is 11.1 Å². The molecule has 1 amide bonds. The van der Waals surface area contributed by atoms with E-state index >= 15 is 0 Å². The van der Waals surface area contributed by atoms with Crippen molar-refractivity contribution in [3.05, 3.63) is 90.0 Å². The van der Waals surface area contributed by atoms with Crippen LogP contribution in [0.1, 0.15) is 41.1 Å². The summed E-state index contributed by atoms with van der Waals surface area (Å²) in [5.41, 5.74) is 5.14.